The Kier molecular flexibility index (Phi) is 7.93. The molecule has 1 atom stereocenters. The van der Waals surface area contributed by atoms with Crippen molar-refractivity contribution in [3.63, 3.8) is 0 Å². The summed E-state index contributed by atoms with van der Waals surface area (Å²) in [6, 6.07) is 1.86. The molecule has 2 rings (SSSR count). The first-order valence-corrected chi connectivity index (χ1v) is 9.57. The van der Waals surface area contributed by atoms with E-state index < -0.39 is 0 Å². The number of thioether (sulfide) groups is 1. The predicted octanol–water partition coefficient (Wildman–Crippen LogP) is 3.06. The summed E-state index contributed by atoms with van der Waals surface area (Å²) in [7, 11) is 0. The largest absolute Gasteiger partial charge is 0.469 e. The van der Waals surface area contributed by atoms with Crippen molar-refractivity contribution in [1.82, 2.24) is 20.1 Å². The number of nitrogens with one attached hydrogen (secondary N) is 1. The maximum Gasteiger partial charge on any atom is 0.233 e. The van der Waals surface area contributed by atoms with Gasteiger partial charge in [0, 0.05) is 26.3 Å². The molecule has 0 saturated heterocycles. The second-order valence-electron chi connectivity index (χ2n) is 5.70. The quantitative estimate of drug-likeness (QED) is 0.368. The van der Waals surface area contributed by atoms with Gasteiger partial charge >= 0.3 is 0 Å². The van der Waals surface area contributed by atoms with Crippen LogP contribution in [0.3, 0.4) is 0 Å². The van der Waals surface area contributed by atoms with Crippen molar-refractivity contribution in [1.29, 1.82) is 0 Å². The molecule has 7 nitrogen and oxygen atoms in total. The second-order valence-corrected chi connectivity index (χ2v) is 7.01. The molecule has 2 aromatic rings. The Bertz CT molecular complexity index is 726. The first kappa shape index (κ1) is 20.3. The highest BCUT2D eigenvalue weighted by Gasteiger charge is 2.21. The van der Waals surface area contributed by atoms with E-state index in [1.165, 1.54) is 11.8 Å². The molecule has 142 valence electrons. The van der Waals surface area contributed by atoms with Crippen molar-refractivity contribution in [3.8, 4) is 11.4 Å². The number of furan rings is 1. The molecule has 0 spiro atoms. The van der Waals surface area contributed by atoms with Crippen LogP contribution in [0.15, 0.2) is 34.6 Å². The van der Waals surface area contributed by atoms with Gasteiger partial charge in [-0.1, -0.05) is 17.8 Å². The van der Waals surface area contributed by atoms with Crippen LogP contribution in [0.1, 0.15) is 26.0 Å². The Labute approximate surface area is 158 Å². The van der Waals surface area contributed by atoms with E-state index in [1.54, 1.807) is 12.3 Å². The van der Waals surface area contributed by atoms with Crippen molar-refractivity contribution in [3.05, 3.63) is 30.7 Å². The predicted molar refractivity (Wildman–Crippen MR) is 102 cm³/mol. The van der Waals surface area contributed by atoms with E-state index in [4.69, 9.17) is 9.15 Å². The molecule has 1 amide bonds. The molecule has 0 saturated carbocycles. The SMILES string of the molecule is C=CCn1c(SC(C)C(=O)NCCCOCC)nnc1-c1ccoc1C. The number of carbonyl (C=O) groups is 1. The fourth-order valence-corrected chi connectivity index (χ4v) is 3.25. The van der Waals surface area contributed by atoms with Gasteiger partial charge in [0.25, 0.3) is 0 Å². The summed E-state index contributed by atoms with van der Waals surface area (Å²) < 4.78 is 12.6. The van der Waals surface area contributed by atoms with Crippen LogP contribution in [0.5, 0.6) is 0 Å². The van der Waals surface area contributed by atoms with Crippen LogP contribution < -0.4 is 5.32 Å². The average Bonchev–Trinajstić information content (AvgIpc) is 3.21. The lowest BCUT2D eigenvalue weighted by Crippen LogP contribution is -2.32. The summed E-state index contributed by atoms with van der Waals surface area (Å²) in [6.45, 7) is 12.0. The van der Waals surface area contributed by atoms with Crippen molar-refractivity contribution in [2.45, 2.75) is 44.1 Å². The standard InChI is InChI=1S/C18H26N4O3S/c1-5-10-22-16(15-8-12-25-13(15)3)20-21-18(22)26-14(4)17(23)19-9-7-11-24-6-2/h5,8,12,14H,1,6-7,9-11H2,2-4H3,(H,19,23). The lowest BCUT2D eigenvalue weighted by atomic mass is 10.2. The minimum absolute atomic E-state index is 0.0271. The molecule has 0 fully saturated rings. The number of rotatable bonds is 11. The normalized spacial score (nSPS) is 12.1. The maximum atomic E-state index is 12.3. The zero-order valence-corrected chi connectivity index (χ0v) is 16.3. The first-order valence-electron chi connectivity index (χ1n) is 8.69. The van der Waals surface area contributed by atoms with Gasteiger partial charge in [0.2, 0.25) is 5.91 Å². The summed E-state index contributed by atoms with van der Waals surface area (Å²) in [6.07, 6.45) is 4.21. The van der Waals surface area contributed by atoms with Crippen LogP contribution in [-0.4, -0.2) is 45.7 Å². The summed E-state index contributed by atoms with van der Waals surface area (Å²) >= 11 is 1.38. The molecule has 2 aromatic heterocycles. The molecule has 0 aromatic carbocycles. The molecular formula is C18H26N4O3S. The Morgan fingerprint density at radius 2 is 2.35 bits per heavy atom. The number of aromatic nitrogens is 3. The Balaban J connectivity index is 2.02. The van der Waals surface area contributed by atoms with Gasteiger partial charge in [0.05, 0.1) is 17.1 Å². The number of ether oxygens (including phenoxy) is 1. The van der Waals surface area contributed by atoms with Gasteiger partial charge in [-0.3, -0.25) is 9.36 Å². The zero-order chi connectivity index (χ0) is 18.9. The van der Waals surface area contributed by atoms with E-state index in [1.807, 2.05) is 31.4 Å². The monoisotopic (exact) mass is 378 g/mol. The van der Waals surface area contributed by atoms with Crippen molar-refractivity contribution >= 4 is 17.7 Å². The highest BCUT2D eigenvalue weighted by atomic mass is 32.2. The number of nitrogens with zero attached hydrogens (tertiary/aromatic N) is 3. The summed E-state index contributed by atoms with van der Waals surface area (Å²) in [5, 5.41) is 11.9. The van der Waals surface area contributed by atoms with Gasteiger partial charge in [0.1, 0.15) is 5.76 Å². The number of amides is 1. The summed E-state index contributed by atoms with van der Waals surface area (Å²) in [5.41, 5.74) is 0.888. The topological polar surface area (TPSA) is 82.2 Å². The van der Waals surface area contributed by atoms with E-state index >= 15 is 0 Å². The zero-order valence-electron chi connectivity index (χ0n) is 15.5. The Hall–Kier alpha value is -2.06. The number of hydrogen-bond acceptors (Lipinski definition) is 6. The molecule has 26 heavy (non-hydrogen) atoms. The molecule has 0 aliphatic carbocycles. The van der Waals surface area contributed by atoms with E-state index in [2.05, 4.69) is 22.1 Å². The molecule has 0 bridgehead atoms. The molecule has 2 heterocycles. The molecule has 1 N–H and O–H groups in total. The smallest absolute Gasteiger partial charge is 0.233 e. The van der Waals surface area contributed by atoms with Crippen LogP contribution >= 0.6 is 11.8 Å². The maximum absolute atomic E-state index is 12.3. The lowest BCUT2D eigenvalue weighted by Gasteiger charge is -2.12. The third-order valence-electron chi connectivity index (χ3n) is 3.75. The fourth-order valence-electron chi connectivity index (χ4n) is 2.37. The van der Waals surface area contributed by atoms with E-state index in [0.717, 1.165) is 17.7 Å². The molecular weight excluding hydrogens is 352 g/mol. The van der Waals surface area contributed by atoms with Crippen molar-refractivity contribution in [2.75, 3.05) is 19.8 Å². The molecule has 0 aliphatic heterocycles. The van der Waals surface area contributed by atoms with Gasteiger partial charge in [-0.15, -0.1) is 16.8 Å². The first-order chi connectivity index (χ1) is 12.6. The third-order valence-corrected chi connectivity index (χ3v) is 4.83. The molecule has 1 unspecified atom stereocenters. The number of carbonyl (C=O) groups excluding carboxylic acids is 1. The number of hydrogen-bond donors (Lipinski definition) is 1. The highest BCUT2D eigenvalue weighted by molar-refractivity contribution is 8.00. The van der Waals surface area contributed by atoms with Gasteiger partial charge < -0.3 is 14.5 Å². The fraction of sp³-hybridized carbons (Fsp3) is 0.500. The Morgan fingerprint density at radius 1 is 1.54 bits per heavy atom. The molecule has 0 radical (unpaired) electrons. The van der Waals surface area contributed by atoms with Crippen molar-refractivity contribution in [2.24, 2.45) is 0 Å². The average molecular weight is 378 g/mol. The van der Waals surface area contributed by atoms with Gasteiger partial charge in [-0.2, -0.15) is 0 Å². The molecule has 8 heteroatoms. The van der Waals surface area contributed by atoms with E-state index in [-0.39, 0.29) is 11.2 Å². The minimum atomic E-state index is -0.284. The van der Waals surface area contributed by atoms with Crippen molar-refractivity contribution < 1.29 is 13.9 Å². The van der Waals surface area contributed by atoms with Crippen LogP contribution in [0.2, 0.25) is 0 Å². The van der Waals surface area contributed by atoms with Gasteiger partial charge in [-0.25, -0.2) is 0 Å². The second kappa shape index (κ2) is 10.2. The van der Waals surface area contributed by atoms with Crippen LogP contribution in [0, 0.1) is 6.92 Å². The summed E-state index contributed by atoms with van der Waals surface area (Å²) in [5.74, 6) is 1.46. The summed E-state index contributed by atoms with van der Waals surface area (Å²) in [4.78, 5) is 12.3. The third kappa shape index (κ3) is 5.22. The van der Waals surface area contributed by atoms with Crippen LogP contribution in [-0.2, 0) is 16.1 Å². The lowest BCUT2D eigenvalue weighted by molar-refractivity contribution is -0.120. The number of allylic oxidation sites excluding steroid dienone is 1. The van der Waals surface area contributed by atoms with Crippen LogP contribution in [0.4, 0.5) is 0 Å². The minimum Gasteiger partial charge on any atom is -0.469 e. The highest BCUT2D eigenvalue weighted by Crippen LogP contribution is 2.29. The van der Waals surface area contributed by atoms with Gasteiger partial charge in [0.15, 0.2) is 11.0 Å². The van der Waals surface area contributed by atoms with E-state index in [9.17, 15) is 4.79 Å². The molecule has 0 aliphatic rings. The van der Waals surface area contributed by atoms with E-state index in [0.29, 0.717) is 37.3 Å². The van der Waals surface area contributed by atoms with Crippen LogP contribution in [0.25, 0.3) is 11.4 Å². The van der Waals surface area contributed by atoms with Gasteiger partial charge in [-0.05, 0) is 33.3 Å². The Morgan fingerprint density at radius 3 is 3.00 bits per heavy atom. The number of aryl methyl sites for hydroxylation is 1.